The fourth-order valence-electron chi connectivity index (χ4n) is 8.55. The highest BCUT2D eigenvalue weighted by Crippen LogP contribution is 2.60. The van der Waals surface area contributed by atoms with Crippen LogP contribution in [0, 0.1) is 5.92 Å². The number of carbonyl (C=O) groups is 3. The van der Waals surface area contributed by atoms with Gasteiger partial charge in [-0.2, -0.15) is 0 Å². The predicted molar refractivity (Wildman–Crippen MR) is 189 cm³/mol. The minimum atomic E-state index is -3.52. The lowest BCUT2D eigenvalue weighted by atomic mass is 9.82. The average molecular weight is 705 g/mol. The molecule has 4 aliphatic heterocycles. The smallest absolute Gasteiger partial charge is 0.264 e. The highest BCUT2D eigenvalue weighted by Gasteiger charge is 2.67. The number of nitrogens with one attached hydrogen (secondary N) is 1. The van der Waals surface area contributed by atoms with Gasteiger partial charge in [0.2, 0.25) is 20.2 Å². The fourth-order valence-corrected chi connectivity index (χ4v) is 11.2. The van der Waals surface area contributed by atoms with Crippen LogP contribution in [-0.2, 0) is 44.2 Å². The Morgan fingerprint density at radius 2 is 1.84 bits per heavy atom. The Hall–Kier alpha value is -3.61. The first kappa shape index (κ1) is 33.9. The summed E-state index contributed by atoms with van der Waals surface area (Å²) >= 11 is 6.54. The molecule has 49 heavy (non-hydrogen) atoms. The molecule has 2 N–H and O–H groups in total. The second kappa shape index (κ2) is 12.9. The molecule has 258 valence electrons. The van der Waals surface area contributed by atoms with Crippen molar-refractivity contribution in [3.63, 3.8) is 0 Å². The molecule has 0 saturated carbocycles. The van der Waals surface area contributed by atoms with Crippen LogP contribution in [0.4, 0.5) is 15.5 Å². The topological polar surface area (TPSA) is 102 Å². The van der Waals surface area contributed by atoms with Crippen molar-refractivity contribution in [3.05, 3.63) is 94.0 Å². The highest BCUT2D eigenvalue weighted by molar-refractivity contribution is 6.72. The largest absolute Gasteiger partial charge is 0.394 e. The van der Waals surface area contributed by atoms with E-state index in [9.17, 15) is 19.5 Å². The molecule has 4 heterocycles. The molecule has 0 radical (unpaired) electrons. The molecule has 7 rings (SSSR count). The predicted octanol–water partition coefficient (Wildman–Crippen LogP) is 4.93. The highest BCUT2D eigenvalue weighted by atomic mass is 35.5. The molecule has 2 fully saturated rings. The van der Waals surface area contributed by atoms with Gasteiger partial charge in [0.05, 0.1) is 44.0 Å². The van der Waals surface area contributed by atoms with Crippen LogP contribution in [0.3, 0.4) is 0 Å². The van der Waals surface area contributed by atoms with Crippen molar-refractivity contribution >= 4 is 49.1 Å². The van der Waals surface area contributed by atoms with Crippen LogP contribution in [0.1, 0.15) is 35.6 Å². The third kappa shape index (κ3) is 5.89. The first-order valence-corrected chi connectivity index (χ1v) is 20.3. The summed E-state index contributed by atoms with van der Waals surface area (Å²) in [5.74, 6) is -1.11. The van der Waals surface area contributed by atoms with Crippen LogP contribution in [0.25, 0.3) is 0 Å². The van der Waals surface area contributed by atoms with E-state index in [1.165, 1.54) is 0 Å². The van der Waals surface area contributed by atoms with Crippen LogP contribution in [0.15, 0.2) is 66.7 Å². The van der Waals surface area contributed by atoms with Gasteiger partial charge in [0.25, 0.3) is 5.91 Å². The van der Waals surface area contributed by atoms with E-state index in [-0.39, 0.29) is 37.3 Å². The summed E-state index contributed by atoms with van der Waals surface area (Å²) in [6, 6.07) is 20.4. The Bertz CT molecular complexity index is 1790. The number of halogens is 2. The number of ether oxygens (including phenoxy) is 1. The molecule has 9 nitrogen and oxygen atoms in total. The maximum atomic E-state index is 16.4. The summed E-state index contributed by atoms with van der Waals surface area (Å²) in [7, 11) is -3.52. The summed E-state index contributed by atoms with van der Waals surface area (Å²) in [6.45, 7) is 7.08. The van der Waals surface area contributed by atoms with Crippen molar-refractivity contribution in [2.45, 2.75) is 69.2 Å². The number of aliphatic hydroxyl groups is 1. The number of benzene rings is 3. The number of piperazine rings is 1. The molecule has 5 atom stereocenters. The molecule has 0 aromatic heterocycles. The Labute approximate surface area is 292 Å². The van der Waals surface area contributed by atoms with Gasteiger partial charge < -0.3 is 34.0 Å². The van der Waals surface area contributed by atoms with E-state index in [0.29, 0.717) is 42.3 Å². The molecular formula is C37H42ClFN4O5Si. The van der Waals surface area contributed by atoms with Crippen LogP contribution in [0.5, 0.6) is 0 Å². The monoisotopic (exact) mass is 704 g/mol. The Morgan fingerprint density at radius 1 is 1.10 bits per heavy atom. The number of amides is 3. The second-order valence-corrected chi connectivity index (χ2v) is 18.5. The number of anilines is 2. The number of fused-ring (bicyclic) bond motifs is 3. The SMILES string of the molecule is C[C@@H]1[C@@H]([Si](C)(C)F)[C@H](CC(=O)N2Cc3ccccc3C[C@H]2CO)O[C@@]12C(=O)N(Cc1ccc(N3CCNCC3=O)cc1)c1ccc(Cl)cc12. The Balaban J connectivity index is 1.19. The number of hydrogen-bond donors (Lipinski definition) is 2. The van der Waals surface area contributed by atoms with Gasteiger partial charge in [0, 0.05) is 47.4 Å². The van der Waals surface area contributed by atoms with E-state index in [4.69, 9.17) is 16.3 Å². The van der Waals surface area contributed by atoms with Crippen molar-refractivity contribution in [2.24, 2.45) is 5.92 Å². The molecule has 0 aliphatic carbocycles. The van der Waals surface area contributed by atoms with Gasteiger partial charge in [-0.15, -0.1) is 0 Å². The molecule has 0 bridgehead atoms. The summed E-state index contributed by atoms with van der Waals surface area (Å²) < 4.78 is 23.2. The number of hydrogen-bond acceptors (Lipinski definition) is 6. The zero-order chi connectivity index (χ0) is 34.7. The standard InChI is InChI=1S/C37H42ClFN4O5Si/c1-23-35(49(2,3)39)32(18-33(45)42-21-26-7-5-4-6-25(26)16-29(42)22-44)48-37(23)30-17-27(38)10-13-31(30)43(36(37)47)20-24-8-11-28(12-9-24)41-15-14-40-19-34(41)46/h4-13,17,23,29,32,35,40,44H,14-16,18-22H2,1-3H3/t23-,29+,32+,35-,37+/m1/s1. The van der Waals surface area contributed by atoms with Crippen molar-refractivity contribution in [2.75, 3.05) is 36.0 Å². The summed E-state index contributed by atoms with van der Waals surface area (Å²) in [6.07, 6.45) is -0.425. The summed E-state index contributed by atoms with van der Waals surface area (Å²) in [5.41, 5.74) is 2.81. The number of carbonyl (C=O) groups excluding carboxylic acids is 3. The van der Waals surface area contributed by atoms with Gasteiger partial charge in [0.1, 0.15) is 0 Å². The summed E-state index contributed by atoms with van der Waals surface area (Å²) in [5, 5.41) is 13.8. The summed E-state index contributed by atoms with van der Waals surface area (Å²) in [4.78, 5) is 46.3. The van der Waals surface area contributed by atoms with Crippen LogP contribution < -0.4 is 15.1 Å². The van der Waals surface area contributed by atoms with E-state index >= 15 is 4.11 Å². The van der Waals surface area contributed by atoms with E-state index < -0.39 is 37.6 Å². The lowest BCUT2D eigenvalue weighted by molar-refractivity contribution is -0.151. The third-order valence-electron chi connectivity index (χ3n) is 10.9. The average Bonchev–Trinajstić information content (AvgIpc) is 3.50. The van der Waals surface area contributed by atoms with Gasteiger partial charge in [-0.3, -0.25) is 14.4 Å². The lowest BCUT2D eigenvalue weighted by Gasteiger charge is -2.37. The first-order valence-electron chi connectivity index (χ1n) is 17.0. The normalized spacial score (nSPS) is 26.8. The quantitative estimate of drug-likeness (QED) is 0.267. The number of aliphatic hydroxyl groups excluding tert-OH is 1. The Morgan fingerprint density at radius 3 is 2.53 bits per heavy atom. The van der Waals surface area contributed by atoms with E-state index in [1.54, 1.807) is 46.0 Å². The molecular weight excluding hydrogens is 663 g/mol. The van der Waals surface area contributed by atoms with Crippen molar-refractivity contribution in [3.8, 4) is 0 Å². The van der Waals surface area contributed by atoms with Crippen molar-refractivity contribution in [1.29, 1.82) is 0 Å². The molecule has 3 amide bonds. The zero-order valence-corrected chi connectivity index (χ0v) is 29.8. The molecule has 3 aromatic rings. The molecule has 12 heteroatoms. The van der Waals surface area contributed by atoms with Crippen molar-refractivity contribution in [1.82, 2.24) is 10.2 Å². The number of nitrogens with zero attached hydrogens (tertiary/aromatic N) is 3. The van der Waals surface area contributed by atoms with E-state index in [2.05, 4.69) is 5.32 Å². The van der Waals surface area contributed by atoms with Crippen molar-refractivity contribution < 1.29 is 28.3 Å². The van der Waals surface area contributed by atoms with Gasteiger partial charge in [-0.05, 0) is 66.5 Å². The van der Waals surface area contributed by atoms with Gasteiger partial charge in [-0.25, -0.2) is 0 Å². The number of rotatable bonds is 7. The fraction of sp³-hybridized carbons (Fsp3) is 0.432. The lowest BCUT2D eigenvalue weighted by Crippen LogP contribution is -2.48. The zero-order valence-electron chi connectivity index (χ0n) is 28.0. The molecule has 3 aromatic carbocycles. The second-order valence-electron chi connectivity index (χ2n) is 14.2. The third-order valence-corrected chi connectivity index (χ3v) is 13.6. The minimum absolute atomic E-state index is 0.00718. The molecule has 4 aliphatic rings. The van der Waals surface area contributed by atoms with E-state index in [0.717, 1.165) is 28.9 Å². The Kier molecular flexibility index (Phi) is 8.94. The minimum Gasteiger partial charge on any atom is -0.394 e. The van der Waals surface area contributed by atoms with Gasteiger partial charge in [-0.1, -0.05) is 54.9 Å². The van der Waals surface area contributed by atoms with Gasteiger partial charge >= 0.3 is 0 Å². The first-order chi connectivity index (χ1) is 23.4. The van der Waals surface area contributed by atoms with Crippen LogP contribution >= 0.6 is 11.6 Å². The van der Waals surface area contributed by atoms with Crippen LogP contribution in [0.2, 0.25) is 23.7 Å². The molecule has 0 unspecified atom stereocenters. The maximum absolute atomic E-state index is 16.4. The maximum Gasteiger partial charge on any atom is 0.264 e. The molecule has 1 spiro atoms. The van der Waals surface area contributed by atoms with Gasteiger partial charge in [0.15, 0.2) is 5.60 Å². The van der Waals surface area contributed by atoms with E-state index in [1.807, 2.05) is 55.5 Å². The molecule has 2 saturated heterocycles. The van der Waals surface area contributed by atoms with Crippen LogP contribution in [-0.4, -0.2) is 74.5 Å².